The van der Waals surface area contributed by atoms with Crippen LogP contribution in [-0.4, -0.2) is 12.6 Å². The Hall–Kier alpha value is -1.02. The summed E-state index contributed by atoms with van der Waals surface area (Å²) in [6.07, 6.45) is 2.02. The number of ether oxygens (including phenoxy) is 1. The first-order valence-corrected chi connectivity index (χ1v) is 6.39. The molecule has 0 saturated heterocycles. The van der Waals surface area contributed by atoms with E-state index in [1.54, 1.807) is 0 Å². The van der Waals surface area contributed by atoms with E-state index >= 15 is 0 Å². The maximum atomic E-state index is 5.86. The zero-order valence-corrected chi connectivity index (χ0v) is 11.5. The van der Waals surface area contributed by atoms with Crippen LogP contribution < -0.4 is 10.5 Å². The fourth-order valence-electron chi connectivity index (χ4n) is 1.80. The normalized spacial score (nSPS) is 13.5. The molecular formula is C15H25NO. The average molecular weight is 235 g/mol. The number of hydrogen-bond donors (Lipinski definition) is 1. The van der Waals surface area contributed by atoms with Gasteiger partial charge in [0.1, 0.15) is 5.75 Å². The SMILES string of the molecule is CC(N)CCCOc1ccccc1C(C)(C)C. The van der Waals surface area contributed by atoms with Crippen molar-refractivity contribution in [2.45, 2.75) is 52.0 Å². The van der Waals surface area contributed by atoms with Gasteiger partial charge in [0.05, 0.1) is 6.61 Å². The number of nitrogens with two attached hydrogens (primary N) is 1. The first-order valence-electron chi connectivity index (χ1n) is 6.39. The van der Waals surface area contributed by atoms with E-state index in [1.807, 2.05) is 19.1 Å². The Morgan fingerprint density at radius 3 is 2.47 bits per heavy atom. The zero-order valence-electron chi connectivity index (χ0n) is 11.5. The average Bonchev–Trinajstić information content (AvgIpc) is 2.23. The van der Waals surface area contributed by atoms with Crippen molar-refractivity contribution in [3.8, 4) is 5.75 Å². The zero-order chi connectivity index (χ0) is 12.9. The van der Waals surface area contributed by atoms with Crippen molar-refractivity contribution in [2.75, 3.05) is 6.61 Å². The summed E-state index contributed by atoms with van der Waals surface area (Å²) < 4.78 is 5.86. The van der Waals surface area contributed by atoms with E-state index in [0.717, 1.165) is 25.2 Å². The van der Waals surface area contributed by atoms with Crippen molar-refractivity contribution >= 4 is 0 Å². The maximum Gasteiger partial charge on any atom is 0.123 e. The molecule has 0 heterocycles. The third-order valence-electron chi connectivity index (χ3n) is 2.76. The van der Waals surface area contributed by atoms with Crippen molar-refractivity contribution in [1.29, 1.82) is 0 Å². The number of hydrogen-bond acceptors (Lipinski definition) is 2. The van der Waals surface area contributed by atoms with E-state index in [-0.39, 0.29) is 11.5 Å². The third kappa shape index (κ3) is 4.78. The first-order chi connectivity index (χ1) is 7.91. The minimum Gasteiger partial charge on any atom is -0.493 e. The lowest BCUT2D eigenvalue weighted by atomic mass is 9.86. The Balaban J connectivity index is 2.59. The molecule has 1 aromatic rings. The van der Waals surface area contributed by atoms with E-state index in [4.69, 9.17) is 10.5 Å². The highest BCUT2D eigenvalue weighted by Crippen LogP contribution is 2.30. The molecule has 0 saturated carbocycles. The fraction of sp³-hybridized carbons (Fsp3) is 0.600. The molecule has 2 nitrogen and oxygen atoms in total. The Morgan fingerprint density at radius 1 is 1.24 bits per heavy atom. The lowest BCUT2D eigenvalue weighted by Gasteiger charge is -2.22. The summed E-state index contributed by atoms with van der Waals surface area (Å²) in [5, 5.41) is 0. The number of rotatable bonds is 5. The third-order valence-corrected chi connectivity index (χ3v) is 2.76. The van der Waals surface area contributed by atoms with Gasteiger partial charge < -0.3 is 10.5 Å². The Kier molecular flexibility index (Phi) is 5.01. The smallest absolute Gasteiger partial charge is 0.123 e. The van der Waals surface area contributed by atoms with Crippen LogP contribution in [-0.2, 0) is 5.41 Å². The van der Waals surface area contributed by atoms with E-state index in [0.29, 0.717) is 0 Å². The molecule has 0 aliphatic rings. The van der Waals surface area contributed by atoms with Crippen LogP contribution in [0.25, 0.3) is 0 Å². The van der Waals surface area contributed by atoms with Gasteiger partial charge in [0.25, 0.3) is 0 Å². The van der Waals surface area contributed by atoms with Crippen LogP contribution in [0.5, 0.6) is 5.75 Å². The van der Waals surface area contributed by atoms with Crippen LogP contribution in [0.4, 0.5) is 0 Å². The highest BCUT2D eigenvalue weighted by molar-refractivity contribution is 5.38. The van der Waals surface area contributed by atoms with Crippen molar-refractivity contribution in [3.63, 3.8) is 0 Å². The highest BCUT2D eigenvalue weighted by atomic mass is 16.5. The molecule has 1 rings (SSSR count). The van der Waals surface area contributed by atoms with Crippen LogP contribution >= 0.6 is 0 Å². The second-order valence-corrected chi connectivity index (χ2v) is 5.71. The van der Waals surface area contributed by atoms with Crippen molar-refractivity contribution in [3.05, 3.63) is 29.8 Å². The minimum absolute atomic E-state index is 0.123. The summed E-state index contributed by atoms with van der Waals surface area (Å²) in [6, 6.07) is 8.54. The lowest BCUT2D eigenvalue weighted by molar-refractivity contribution is 0.295. The van der Waals surface area contributed by atoms with Gasteiger partial charge in [-0.1, -0.05) is 39.0 Å². The molecule has 2 N–H and O–H groups in total. The maximum absolute atomic E-state index is 5.86. The largest absolute Gasteiger partial charge is 0.493 e. The van der Waals surface area contributed by atoms with Gasteiger partial charge >= 0.3 is 0 Å². The molecule has 0 aliphatic heterocycles. The van der Waals surface area contributed by atoms with E-state index in [9.17, 15) is 0 Å². The molecule has 0 amide bonds. The summed E-state index contributed by atoms with van der Waals surface area (Å²) in [7, 11) is 0. The van der Waals surface area contributed by atoms with E-state index in [2.05, 4.69) is 32.9 Å². The molecule has 96 valence electrons. The predicted octanol–water partition coefficient (Wildman–Crippen LogP) is 3.49. The van der Waals surface area contributed by atoms with Crippen LogP contribution in [0, 0.1) is 0 Å². The van der Waals surface area contributed by atoms with Gasteiger partial charge in [-0.3, -0.25) is 0 Å². The molecule has 0 aliphatic carbocycles. The molecular weight excluding hydrogens is 210 g/mol. The molecule has 1 aromatic carbocycles. The predicted molar refractivity (Wildman–Crippen MR) is 73.5 cm³/mol. The summed E-state index contributed by atoms with van der Waals surface area (Å²) >= 11 is 0. The molecule has 2 heteroatoms. The van der Waals surface area contributed by atoms with Crippen LogP contribution in [0.3, 0.4) is 0 Å². The van der Waals surface area contributed by atoms with Gasteiger partial charge in [0, 0.05) is 6.04 Å². The topological polar surface area (TPSA) is 35.2 Å². The molecule has 0 spiro atoms. The Labute approximate surface area is 105 Å². The van der Waals surface area contributed by atoms with Crippen molar-refractivity contribution in [1.82, 2.24) is 0 Å². The molecule has 1 atom stereocenters. The molecule has 0 radical (unpaired) electrons. The van der Waals surface area contributed by atoms with Crippen LogP contribution in [0.1, 0.15) is 46.1 Å². The molecule has 0 bridgehead atoms. The van der Waals surface area contributed by atoms with E-state index in [1.165, 1.54) is 5.56 Å². The van der Waals surface area contributed by atoms with Crippen molar-refractivity contribution < 1.29 is 4.74 Å². The van der Waals surface area contributed by atoms with Gasteiger partial charge in [0.2, 0.25) is 0 Å². The van der Waals surface area contributed by atoms with Gasteiger partial charge in [-0.2, -0.15) is 0 Å². The van der Waals surface area contributed by atoms with Gasteiger partial charge in [-0.05, 0) is 36.8 Å². The second kappa shape index (κ2) is 6.06. The Bertz CT molecular complexity index is 339. The highest BCUT2D eigenvalue weighted by Gasteiger charge is 2.18. The van der Waals surface area contributed by atoms with Crippen LogP contribution in [0.15, 0.2) is 24.3 Å². The molecule has 0 fully saturated rings. The molecule has 17 heavy (non-hydrogen) atoms. The number of para-hydroxylation sites is 1. The van der Waals surface area contributed by atoms with E-state index < -0.39 is 0 Å². The summed E-state index contributed by atoms with van der Waals surface area (Å²) in [6.45, 7) is 9.39. The quantitative estimate of drug-likeness (QED) is 0.793. The first kappa shape index (κ1) is 14.0. The summed E-state index contributed by atoms with van der Waals surface area (Å²) in [5.41, 5.74) is 7.10. The van der Waals surface area contributed by atoms with Crippen LogP contribution in [0.2, 0.25) is 0 Å². The van der Waals surface area contributed by atoms with Gasteiger partial charge in [-0.25, -0.2) is 0 Å². The van der Waals surface area contributed by atoms with Gasteiger partial charge in [-0.15, -0.1) is 0 Å². The lowest BCUT2D eigenvalue weighted by Crippen LogP contribution is -2.17. The van der Waals surface area contributed by atoms with Gasteiger partial charge in [0.15, 0.2) is 0 Å². The summed E-state index contributed by atoms with van der Waals surface area (Å²) in [4.78, 5) is 0. The second-order valence-electron chi connectivity index (χ2n) is 5.71. The monoisotopic (exact) mass is 235 g/mol. The number of benzene rings is 1. The fourth-order valence-corrected chi connectivity index (χ4v) is 1.80. The molecule has 1 unspecified atom stereocenters. The standard InChI is InChI=1S/C15H25NO/c1-12(16)8-7-11-17-14-10-6-5-9-13(14)15(2,3)4/h5-6,9-10,12H,7-8,11,16H2,1-4H3. The Morgan fingerprint density at radius 2 is 1.88 bits per heavy atom. The summed E-state index contributed by atoms with van der Waals surface area (Å²) in [5.74, 6) is 1.00. The van der Waals surface area contributed by atoms with Crippen molar-refractivity contribution in [2.24, 2.45) is 5.73 Å². The minimum atomic E-state index is 0.123. The molecule has 0 aromatic heterocycles.